The van der Waals surface area contributed by atoms with E-state index in [1.807, 2.05) is 0 Å². The number of β-amino-alcohol motifs (C(OH)–C–C–N with tert-alkyl or cyclic N) is 1. The van der Waals surface area contributed by atoms with Gasteiger partial charge in [-0.15, -0.1) is 10.2 Å². The second-order valence-electron chi connectivity index (χ2n) is 4.93. The lowest BCUT2D eigenvalue weighted by molar-refractivity contribution is 0.105. The summed E-state index contributed by atoms with van der Waals surface area (Å²) in [6, 6.07) is 3.16. The van der Waals surface area contributed by atoms with Crippen molar-refractivity contribution < 1.29 is 19.4 Å². The van der Waals surface area contributed by atoms with E-state index in [0.29, 0.717) is 28.7 Å². The number of nitrogens with zero attached hydrogens (tertiary/aromatic N) is 3. The molecule has 0 radical (unpaired) electrons. The summed E-state index contributed by atoms with van der Waals surface area (Å²) in [5.74, 6) is 1.19. The second kappa shape index (κ2) is 6.39. The lowest BCUT2D eigenvalue weighted by Crippen LogP contribution is -2.41. The Kier molecular flexibility index (Phi) is 4.30. The van der Waals surface area contributed by atoms with E-state index in [-0.39, 0.29) is 12.6 Å². The molecule has 2 heterocycles. The molecule has 0 aliphatic carbocycles. The quantitative estimate of drug-likeness (QED) is 0.884. The molecular weight excluding hydrogens is 320 g/mol. The molecule has 0 saturated carbocycles. The van der Waals surface area contributed by atoms with E-state index in [1.54, 1.807) is 26.4 Å². The molecule has 3 rings (SSSR count). The topological polar surface area (TPSA) is 96.8 Å². The Morgan fingerprint density at radius 1 is 1.39 bits per heavy atom. The van der Waals surface area contributed by atoms with Crippen LogP contribution in [0.15, 0.2) is 17.6 Å². The summed E-state index contributed by atoms with van der Waals surface area (Å²) in [7, 11) is 3.10. The SMILES string of the molecule is COc1ccc(OC)c2c1CN(C(=O)Nc1nncs1)CC2O. The first-order chi connectivity index (χ1) is 11.1. The maximum absolute atomic E-state index is 12.3. The minimum absolute atomic E-state index is 0.154. The number of carbonyl (C=O) groups excluding carboxylic acids is 1. The molecule has 1 aromatic carbocycles. The van der Waals surface area contributed by atoms with Crippen molar-refractivity contribution in [3.8, 4) is 11.5 Å². The zero-order valence-corrected chi connectivity index (χ0v) is 13.5. The number of methoxy groups -OCH3 is 2. The van der Waals surface area contributed by atoms with Crippen molar-refractivity contribution in [1.82, 2.24) is 15.1 Å². The van der Waals surface area contributed by atoms with Gasteiger partial charge in [-0.25, -0.2) is 4.79 Å². The highest BCUT2D eigenvalue weighted by Crippen LogP contribution is 2.39. The summed E-state index contributed by atoms with van der Waals surface area (Å²) in [4.78, 5) is 13.8. The Balaban J connectivity index is 1.88. The van der Waals surface area contributed by atoms with E-state index in [4.69, 9.17) is 9.47 Å². The maximum Gasteiger partial charge on any atom is 0.324 e. The molecule has 122 valence electrons. The maximum atomic E-state index is 12.3. The van der Waals surface area contributed by atoms with Gasteiger partial charge in [0.1, 0.15) is 23.1 Å². The number of rotatable bonds is 3. The van der Waals surface area contributed by atoms with Gasteiger partial charge in [0, 0.05) is 11.1 Å². The van der Waals surface area contributed by atoms with Gasteiger partial charge in [-0.2, -0.15) is 0 Å². The van der Waals surface area contributed by atoms with Gasteiger partial charge >= 0.3 is 6.03 Å². The Morgan fingerprint density at radius 3 is 2.78 bits per heavy atom. The number of benzene rings is 1. The van der Waals surface area contributed by atoms with E-state index in [2.05, 4.69) is 15.5 Å². The van der Waals surface area contributed by atoms with Crippen LogP contribution in [0.4, 0.5) is 9.93 Å². The van der Waals surface area contributed by atoms with Crippen molar-refractivity contribution in [3.05, 3.63) is 28.8 Å². The molecule has 2 amide bonds. The van der Waals surface area contributed by atoms with Crippen LogP contribution in [0.1, 0.15) is 17.2 Å². The van der Waals surface area contributed by atoms with Crippen molar-refractivity contribution in [2.75, 3.05) is 26.1 Å². The Bertz CT molecular complexity index is 707. The molecular formula is C14H16N4O4S. The van der Waals surface area contributed by atoms with Crippen LogP contribution in [0, 0.1) is 0 Å². The molecule has 1 aliphatic rings. The first kappa shape index (κ1) is 15.5. The van der Waals surface area contributed by atoms with Gasteiger partial charge in [0.05, 0.1) is 27.3 Å². The molecule has 2 N–H and O–H groups in total. The predicted molar refractivity (Wildman–Crippen MR) is 83.8 cm³/mol. The third-order valence-corrected chi connectivity index (χ3v) is 4.26. The summed E-state index contributed by atoms with van der Waals surface area (Å²) in [5, 5.41) is 21.0. The predicted octanol–water partition coefficient (Wildman–Crippen LogP) is 1.64. The molecule has 1 unspecified atom stereocenters. The Labute approximate surface area is 136 Å². The molecule has 0 bridgehead atoms. The number of anilines is 1. The Morgan fingerprint density at radius 2 is 2.13 bits per heavy atom. The fraction of sp³-hybridized carbons (Fsp3) is 0.357. The van der Waals surface area contributed by atoms with E-state index < -0.39 is 6.10 Å². The number of aliphatic hydroxyl groups excluding tert-OH is 1. The van der Waals surface area contributed by atoms with Crippen molar-refractivity contribution in [2.45, 2.75) is 12.6 Å². The van der Waals surface area contributed by atoms with Crippen molar-refractivity contribution in [1.29, 1.82) is 0 Å². The lowest BCUT2D eigenvalue weighted by Gasteiger charge is -2.33. The Hall–Kier alpha value is -2.39. The van der Waals surface area contributed by atoms with Gasteiger partial charge in [0.2, 0.25) is 5.13 Å². The number of nitrogens with one attached hydrogen (secondary N) is 1. The van der Waals surface area contributed by atoms with Crippen LogP contribution >= 0.6 is 11.3 Å². The average molecular weight is 336 g/mol. The van der Waals surface area contributed by atoms with Gasteiger partial charge < -0.3 is 19.5 Å². The highest BCUT2D eigenvalue weighted by atomic mass is 32.1. The van der Waals surface area contributed by atoms with Crippen molar-refractivity contribution >= 4 is 22.5 Å². The van der Waals surface area contributed by atoms with Crippen LogP contribution in [0.5, 0.6) is 11.5 Å². The van der Waals surface area contributed by atoms with Gasteiger partial charge in [-0.1, -0.05) is 11.3 Å². The third kappa shape index (κ3) is 2.92. The van der Waals surface area contributed by atoms with E-state index in [0.717, 1.165) is 5.56 Å². The van der Waals surface area contributed by atoms with Crippen molar-refractivity contribution in [3.63, 3.8) is 0 Å². The average Bonchev–Trinajstić information content (AvgIpc) is 3.06. The lowest BCUT2D eigenvalue weighted by atomic mass is 9.95. The van der Waals surface area contributed by atoms with Gasteiger partial charge in [-0.3, -0.25) is 5.32 Å². The smallest absolute Gasteiger partial charge is 0.324 e. The first-order valence-corrected chi connectivity index (χ1v) is 7.76. The fourth-order valence-electron chi connectivity index (χ4n) is 2.63. The van der Waals surface area contributed by atoms with Crippen molar-refractivity contribution in [2.24, 2.45) is 0 Å². The van der Waals surface area contributed by atoms with Crippen LogP contribution in [0.25, 0.3) is 0 Å². The van der Waals surface area contributed by atoms with E-state index >= 15 is 0 Å². The highest BCUT2D eigenvalue weighted by Gasteiger charge is 2.32. The van der Waals surface area contributed by atoms with Crippen LogP contribution in [-0.2, 0) is 6.54 Å². The summed E-state index contributed by atoms with van der Waals surface area (Å²) >= 11 is 1.23. The van der Waals surface area contributed by atoms with Gasteiger partial charge in [-0.05, 0) is 12.1 Å². The molecule has 8 nitrogen and oxygen atoms in total. The second-order valence-corrected chi connectivity index (χ2v) is 5.77. The molecule has 0 fully saturated rings. The molecule has 1 aliphatic heterocycles. The van der Waals surface area contributed by atoms with Gasteiger partial charge in [0.15, 0.2) is 0 Å². The molecule has 2 aromatic rings. The fourth-order valence-corrected chi connectivity index (χ4v) is 3.06. The molecule has 9 heteroatoms. The minimum atomic E-state index is -0.857. The summed E-state index contributed by atoms with van der Waals surface area (Å²) in [5.41, 5.74) is 2.92. The standard InChI is InChI=1S/C14H16N4O4S/c1-21-10-3-4-11(22-2)12-8(10)5-18(6-9(12)19)14(20)16-13-17-15-7-23-13/h3-4,7,9,19H,5-6H2,1-2H3,(H,16,17,20). The number of aliphatic hydroxyl groups is 1. The largest absolute Gasteiger partial charge is 0.496 e. The number of hydrogen-bond donors (Lipinski definition) is 2. The molecule has 0 spiro atoms. The molecule has 23 heavy (non-hydrogen) atoms. The number of amides is 2. The van der Waals surface area contributed by atoms with E-state index in [1.165, 1.54) is 21.7 Å². The summed E-state index contributed by atoms with van der Waals surface area (Å²) in [6.45, 7) is 0.457. The third-order valence-electron chi connectivity index (χ3n) is 3.65. The number of ether oxygens (including phenoxy) is 2. The van der Waals surface area contributed by atoms with E-state index in [9.17, 15) is 9.90 Å². The number of urea groups is 1. The number of fused-ring (bicyclic) bond motifs is 1. The monoisotopic (exact) mass is 336 g/mol. The van der Waals surface area contributed by atoms with Crippen LogP contribution in [-0.4, -0.2) is 47.0 Å². The zero-order valence-electron chi connectivity index (χ0n) is 12.6. The molecule has 0 saturated heterocycles. The highest BCUT2D eigenvalue weighted by molar-refractivity contribution is 7.13. The minimum Gasteiger partial charge on any atom is -0.496 e. The number of aromatic nitrogens is 2. The first-order valence-electron chi connectivity index (χ1n) is 6.88. The van der Waals surface area contributed by atoms with Crippen LogP contribution in [0.2, 0.25) is 0 Å². The molecule has 1 aromatic heterocycles. The summed E-state index contributed by atoms with van der Waals surface area (Å²) in [6.07, 6.45) is -0.857. The summed E-state index contributed by atoms with van der Waals surface area (Å²) < 4.78 is 10.7. The number of hydrogen-bond acceptors (Lipinski definition) is 7. The van der Waals surface area contributed by atoms with Gasteiger partial charge in [0.25, 0.3) is 0 Å². The molecule has 1 atom stereocenters. The normalized spacial score (nSPS) is 16.7. The van der Waals surface area contributed by atoms with Crippen LogP contribution in [0.3, 0.4) is 0 Å². The zero-order chi connectivity index (χ0) is 16.4. The number of carbonyl (C=O) groups is 1. The van der Waals surface area contributed by atoms with Crippen LogP contribution < -0.4 is 14.8 Å².